The number of benzene rings is 2. The Morgan fingerprint density at radius 1 is 1.00 bits per heavy atom. The summed E-state index contributed by atoms with van der Waals surface area (Å²) in [6.07, 6.45) is 3.69. The van der Waals surface area contributed by atoms with E-state index in [4.69, 9.17) is 0 Å². The van der Waals surface area contributed by atoms with Crippen LogP contribution in [0.2, 0.25) is 0 Å². The van der Waals surface area contributed by atoms with Gasteiger partial charge in [0, 0.05) is 10.5 Å². The Bertz CT molecular complexity index is 713. The Labute approximate surface area is 148 Å². The number of carbonyl (C=O) groups is 1. The molecule has 0 saturated carbocycles. The van der Waals surface area contributed by atoms with E-state index in [0.29, 0.717) is 11.1 Å². The van der Waals surface area contributed by atoms with Gasteiger partial charge in [-0.25, -0.2) is 4.39 Å². The highest BCUT2D eigenvalue weighted by Gasteiger charge is 2.14. The quantitative estimate of drug-likeness (QED) is 0.276. The zero-order valence-electron chi connectivity index (χ0n) is 14.6. The number of ketones is 1. The van der Waals surface area contributed by atoms with E-state index in [1.165, 1.54) is 19.1 Å². The minimum atomic E-state index is -0.323. The Balaban J connectivity index is 0.00000139. The summed E-state index contributed by atoms with van der Waals surface area (Å²) in [5, 5.41) is 0. The first-order valence-corrected chi connectivity index (χ1v) is 9.07. The molecule has 0 aliphatic heterocycles. The molecule has 2 rings (SSSR count). The van der Waals surface area contributed by atoms with Crippen LogP contribution in [0.4, 0.5) is 4.39 Å². The van der Waals surface area contributed by atoms with Crippen LogP contribution in [0.3, 0.4) is 0 Å². The first-order valence-electron chi connectivity index (χ1n) is 7.85. The van der Waals surface area contributed by atoms with Crippen LogP contribution in [0.25, 0.3) is 11.1 Å². The fourth-order valence-electron chi connectivity index (χ4n) is 2.30. The summed E-state index contributed by atoms with van der Waals surface area (Å²) >= 11 is 1.66. The van der Waals surface area contributed by atoms with Crippen LogP contribution >= 0.6 is 11.8 Å². The van der Waals surface area contributed by atoms with Gasteiger partial charge >= 0.3 is 0 Å². The highest BCUT2D eigenvalue weighted by molar-refractivity contribution is 7.98. The summed E-state index contributed by atoms with van der Waals surface area (Å²) in [6.45, 7) is 9.35. The van der Waals surface area contributed by atoms with E-state index >= 15 is 0 Å². The van der Waals surface area contributed by atoms with Gasteiger partial charge in [-0.2, -0.15) is 0 Å². The van der Waals surface area contributed by atoms with E-state index in [1.807, 2.05) is 44.4 Å². The second kappa shape index (κ2) is 9.89. The van der Waals surface area contributed by atoms with Crippen molar-refractivity contribution < 1.29 is 9.18 Å². The fourth-order valence-corrected chi connectivity index (χ4v) is 2.71. The number of hydrogen-bond donors (Lipinski definition) is 0. The fraction of sp³-hybridized carbons (Fsp3) is 0.190. The lowest BCUT2D eigenvalue weighted by Gasteiger charge is -2.11. The number of Topliss-reactive ketones (excluding diaryl/α,β-unsaturated/α-hetero) is 1. The van der Waals surface area contributed by atoms with Crippen molar-refractivity contribution in [2.45, 2.75) is 25.7 Å². The van der Waals surface area contributed by atoms with Gasteiger partial charge in [-0.3, -0.25) is 4.79 Å². The van der Waals surface area contributed by atoms with Crippen molar-refractivity contribution in [2.75, 3.05) is 6.26 Å². The van der Waals surface area contributed by atoms with E-state index < -0.39 is 0 Å². The van der Waals surface area contributed by atoms with Crippen molar-refractivity contribution in [3.8, 4) is 0 Å². The highest BCUT2D eigenvalue weighted by atomic mass is 32.2. The molecule has 0 fully saturated rings. The van der Waals surface area contributed by atoms with Gasteiger partial charge in [0.1, 0.15) is 5.82 Å². The van der Waals surface area contributed by atoms with E-state index in [-0.39, 0.29) is 11.6 Å². The van der Waals surface area contributed by atoms with Crippen molar-refractivity contribution in [1.82, 2.24) is 0 Å². The molecule has 0 radical (unpaired) electrons. The minimum Gasteiger partial charge on any atom is -0.294 e. The van der Waals surface area contributed by atoms with E-state index in [2.05, 4.69) is 6.58 Å². The topological polar surface area (TPSA) is 17.1 Å². The van der Waals surface area contributed by atoms with Gasteiger partial charge in [-0.15, -0.1) is 11.8 Å². The first kappa shape index (κ1) is 19.9. The molecular weight excluding hydrogens is 319 g/mol. The van der Waals surface area contributed by atoms with E-state index in [9.17, 15) is 9.18 Å². The van der Waals surface area contributed by atoms with Crippen LogP contribution < -0.4 is 0 Å². The molecule has 2 aromatic rings. The third-order valence-electron chi connectivity index (χ3n) is 3.36. The van der Waals surface area contributed by atoms with E-state index in [0.717, 1.165) is 16.0 Å². The molecule has 2 aromatic carbocycles. The second-order valence-electron chi connectivity index (χ2n) is 4.78. The summed E-state index contributed by atoms with van der Waals surface area (Å²) < 4.78 is 13.1. The Hall–Kier alpha value is -2.13. The Morgan fingerprint density at radius 3 is 1.92 bits per heavy atom. The van der Waals surface area contributed by atoms with Crippen LogP contribution in [0.15, 0.2) is 66.1 Å². The van der Waals surface area contributed by atoms with Gasteiger partial charge < -0.3 is 0 Å². The molecule has 0 aliphatic carbocycles. The molecule has 0 N–H and O–H groups in total. The average Bonchev–Trinajstić information content (AvgIpc) is 2.62. The van der Waals surface area contributed by atoms with Gasteiger partial charge in [-0.1, -0.05) is 50.8 Å². The van der Waals surface area contributed by atoms with Crippen molar-refractivity contribution in [1.29, 1.82) is 0 Å². The van der Waals surface area contributed by atoms with Crippen molar-refractivity contribution in [2.24, 2.45) is 0 Å². The molecule has 0 spiro atoms. The molecule has 3 heteroatoms. The van der Waals surface area contributed by atoms with E-state index in [1.54, 1.807) is 30.0 Å². The molecule has 0 amide bonds. The zero-order valence-corrected chi connectivity index (χ0v) is 15.4. The van der Waals surface area contributed by atoms with Crippen molar-refractivity contribution >= 4 is 28.7 Å². The lowest BCUT2D eigenvalue weighted by molar-refractivity contribution is -0.111. The van der Waals surface area contributed by atoms with Crippen LogP contribution in [-0.4, -0.2) is 12.0 Å². The number of halogens is 1. The average molecular weight is 342 g/mol. The molecule has 24 heavy (non-hydrogen) atoms. The maximum atomic E-state index is 13.1. The van der Waals surface area contributed by atoms with Crippen LogP contribution in [0.5, 0.6) is 0 Å². The molecule has 0 atom stereocenters. The molecule has 0 heterocycles. The third kappa shape index (κ3) is 4.93. The van der Waals surface area contributed by atoms with Crippen LogP contribution in [-0.2, 0) is 4.79 Å². The summed E-state index contributed by atoms with van der Waals surface area (Å²) in [7, 11) is 0. The zero-order chi connectivity index (χ0) is 18.1. The number of carbonyl (C=O) groups excluding carboxylic acids is 1. The molecule has 0 aliphatic rings. The smallest absolute Gasteiger partial charge is 0.161 e. The van der Waals surface area contributed by atoms with Gasteiger partial charge in [0.2, 0.25) is 0 Å². The van der Waals surface area contributed by atoms with Crippen LogP contribution in [0.1, 0.15) is 31.9 Å². The SMILES string of the molecule is C=C/C(=C(\C(C)=O)c1ccc(F)cc1)c1ccc(SC)cc1.CC. The first-order chi connectivity index (χ1) is 11.6. The normalized spacial score (nSPS) is 11.0. The predicted molar refractivity (Wildman–Crippen MR) is 104 cm³/mol. The number of rotatable bonds is 5. The van der Waals surface area contributed by atoms with Gasteiger partial charge in [0.25, 0.3) is 0 Å². The van der Waals surface area contributed by atoms with Crippen molar-refractivity contribution in [3.63, 3.8) is 0 Å². The van der Waals surface area contributed by atoms with Gasteiger partial charge in [0.05, 0.1) is 0 Å². The lowest BCUT2D eigenvalue weighted by atomic mass is 9.92. The Morgan fingerprint density at radius 2 is 1.50 bits per heavy atom. The molecule has 1 nitrogen and oxygen atoms in total. The molecule has 126 valence electrons. The summed E-state index contributed by atoms with van der Waals surface area (Å²) in [5.74, 6) is -0.397. The predicted octanol–water partition coefficient (Wildman–Crippen LogP) is 6.26. The summed E-state index contributed by atoms with van der Waals surface area (Å²) in [4.78, 5) is 13.3. The summed E-state index contributed by atoms with van der Waals surface area (Å²) in [6, 6.07) is 13.9. The number of hydrogen-bond acceptors (Lipinski definition) is 2. The summed E-state index contributed by atoms with van der Waals surface area (Å²) in [5.41, 5.74) is 2.92. The van der Waals surface area contributed by atoms with Crippen LogP contribution in [0, 0.1) is 5.82 Å². The van der Waals surface area contributed by atoms with Gasteiger partial charge in [0.15, 0.2) is 5.78 Å². The third-order valence-corrected chi connectivity index (χ3v) is 4.10. The largest absolute Gasteiger partial charge is 0.294 e. The molecular formula is C21H23FOS. The maximum absolute atomic E-state index is 13.1. The molecule has 0 saturated heterocycles. The van der Waals surface area contributed by atoms with Crippen molar-refractivity contribution in [3.05, 3.63) is 78.1 Å². The second-order valence-corrected chi connectivity index (χ2v) is 5.66. The number of thioether (sulfide) groups is 1. The minimum absolute atomic E-state index is 0.0737. The molecule has 0 aromatic heterocycles. The monoisotopic (exact) mass is 342 g/mol. The number of allylic oxidation sites excluding steroid dienone is 3. The van der Waals surface area contributed by atoms with Gasteiger partial charge in [-0.05, 0) is 54.1 Å². The molecule has 0 unspecified atom stereocenters. The lowest BCUT2D eigenvalue weighted by Crippen LogP contribution is -2.00. The Kier molecular flexibility index (Phi) is 8.20. The maximum Gasteiger partial charge on any atom is 0.161 e. The standard InChI is InChI=1S/C19H17FOS.C2H6/c1-4-18(14-7-11-17(22-3)12-8-14)19(13(2)21)15-5-9-16(20)10-6-15;1-2/h4-12H,1H2,2-3H3;1-2H3/b19-18-;. The molecule has 0 bridgehead atoms. The highest BCUT2D eigenvalue weighted by Crippen LogP contribution is 2.29.